The van der Waals surface area contributed by atoms with Crippen molar-refractivity contribution in [1.29, 1.82) is 0 Å². The third-order valence-electron chi connectivity index (χ3n) is 8.96. The summed E-state index contributed by atoms with van der Waals surface area (Å²) in [6, 6.07) is 3.62. The number of nitrogens with zero attached hydrogens (tertiary/aromatic N) is 2. The standard InChI is InChI=1S/C34H46N8O10/c1-17(35)30(46)41(4)19(3)27(29(45)37-16-21-14-25(43)32(52-21)42-12-8-11-26(51-5)31(42)47)40-28(44)18(2)38-34(50)39-24(33(48)49)13-20-15-36-23-10-7-6-9-22(20)23/h6-12,15,17-19,21,24-25,27,32,36,43H,13-14,16,35H2,1-5H3,(H,37,45)(H,40,44)(H,48,49)(H2,38,39,50)/t17-,18+,19+,21-,24+,25-,27+,32-/m1/s1. The third-order valence-corrected chi connectivity index (χ3v) is 8.96. The summed E-state index contributed by atoms with van der Waals surface area (Å²) in [6.45, 7) is 4.21. The van der Waals surface area contributed by atoms with Gasteiger partial charge in [-0.25, -0.2) is 9.59 Å². The van der Waals surface area contributed by atoms with Gasteiger partial charge >= 0.3 is 12.0 Å². The average Bonchev–Trinajstić information content (AvgIpc) is 3.70. The van der Waals surface area contributed by atoms with Crippen LogP contribution in [0.15, 0.2) is 53.6 Å². The molecule has 1 fully saturated rings. The van der Waals surface area contributed by atoms with Gasteiger partial charge in [0.2, 0.25) is 17.7 Å². The Morgan fingerprint density at radius 1 is 1.08 bits per heavy atom. The number of carbonyl (C=O) groups is 5. The van der Waals surface area contributed by atoms with Crippen molar-refractivity contribution in [2.45, 2.75) is 82.3 Å². The molecule has 4 rings (SSSR count). The minimum Gasteiger partial charge on any atom is -0.491 e. The number of aliphatic hydroxyl groups is 1. The molecule has 0 radical (unpaired) electrons. The Morgan fingerprint density at radius 3 is 2.46 bits per heavy atom. The van der Waals surface area contributed by atoms with Crippen molar-refractivity contribution in [3.05, 3.63) is 64.7 Å². The average molecular weight is 727 g/mol. The fourth-order valence-corrected chi connectivity index (χ4v) is 5.89. The molecule has 1 aliphatic rings. The molecular formula is C34H46N8O10. The molecule has 1 aromatic carbocycles. The maximum absolute atomic E-state index is 13.6. The number of fused-ring (bicyclic) bond motifs is 1. The number of rotatable bonds is 15. The SMILES string of the molecule is COc1cccn([C@@H]2O[C@@H](CNC(=O)[C@@H](NC(=O)[C@H](C)NC(=O)N[C@@H](Cc3c[nH]c4ccccc34)C(=O)O)[C@H](C)N(C)C(=O)[C@@H](C)N)C[C@H]2O)c1=O. The summed E-state index contributed by atoms with van der Waals surface area (Å²) in [4.78, 5) is 81.5. The van der Waals surface area contributed by atoms with Crippen LogP contribution in [-0.4, -0.2) is 118 Å². The van der Waals surface area contributed by atoms with Crippen LogP contribution in [0, 0.1) is 0 Å². The zero-order valence-corrected chi connectivity index (χ0v) is 29.5. The predicted molar refractivity (Wildman–Crippen MR) is 187 cm³/mol. The maximum atomic E-state index is 13.6. The van der Waals surface area contributed by atoms with E-state index >= 15 is 0 Å². The monoisotopic (exact) mass is 726 g/mol. The van der Waals surface area contributed by atoms with Crippen LogP contribution in [0.4, 0.5) is 4.79 Å². The number of methoxy groups -OCH3 is 1. The van der Waals surface area contributed by atoms with Crippen LogP contribution in [-0.2, 0) is 30.3 Å². The molecular weight excluding hydrogens is 680 g/mol. The molecule has 0 spiro atoms. The lowest BCUT2D eigenvalue weighted by Crippen LogP contribution is -2.62. The number of aromatic nitrogens is 2. The zero-order valence-electron chi connectivity index (χ0n) is 29.5. The van der Waals surface area contributed by atoms with E-state index in [0.717, 1.165) is 10.9 Å². The Hall–Kier alpha value is -5.46. The van der Waals surface area contributed by atoms with Gasteiger partial charge in [-0.05, 0) is 44.5 Å². The summed E-state index contributed by atoms with van der Waals surface area (Å²) in [5, 5.41) is 31.3. The molecule has 0 unspecified atom stereocenters. The minimum atomic E-state index is -1.36. The number of nitrogens with one attached hydrogen (secondary N) is 5. The highest BCUT2D eigenvalue weighted by Crippen LogP contribution is 2.28. The van der Waals surface area contributed by atoms with Crippen molar-refractivity contribution in [1.82, 2.24) is 35.7 Å². The Morgan fingerprint density at radius 2 is 1.79 bits per heavy atom. The molecule has 282 valence electrons. The summed E-state index contributed by atoms with van der Waals surface area (Å²) < 4.78 is 12.1. The Bertz CT molecular complexity index is 1830. The van der Waals surface area contributed by atoms with Gasteiger partial charge in [0.25, 0.3) is 5.56 Å². The van der Waals surface area contributed by atoms with Crippen LogP contribution in [0.1, 0.15) is 39.0 Å². The molecule has 8 atom stereocenters. The van der Waals surface area contributed by atoms with E-state index in [1.807, 2.05) is 24.3 Å². The minimum absolute atomic E-state index is 0.0359. The summed E-state index contributed by atoms with van der Waals surface area (Å²) >= 11 is 0. The van der Waals surface area contributed by atoms with Gasteiger partial charge in [-0.1, -0.05) is 18.2 Å². The molecule has 0 saturated carbocycles. The molecule has 1 saturated heterocycles. The second-order valence-corrected chi connectivity index (χ2v) is 12.7. The van der Waals surface area contributed by atoms with Crippen LogP contribution in [0.2, 0.25) is 0 Å². The van der Waals surface area contributed by atoms with Gasteiger partial charge in [0.15, 0.2) is 12.0 Å². The molecule has 1 aliphatic heterocycles. The molecule has 0 aliphatic carbocycles. The Labute approximate surface area is 299 Å². The number of hydrogen-bond donors (Lipinski definition) is 8. The predicted octanol–water partition coefficient (Wildman–Crippen LogP) is -0.835. The summed E-state index contributed by atoms with van der Waals surface area (Å²) in [5.41, 5.74) is 6.74. The summed E-state index contributed by atoms with van der Waals surface area (Å²) in [6.07, 6.45) is 0.278. The highest BCUT2D eigenvalue weighted by Gasteiger charge is 2.38. The van der Waals surface area contributed by atoms with E-state index in [1.54, 1.807) is 12.3 Å². The first kappa shape index (κ1) is 39.3. The van der Waals surface area contributed by atoms with Gasteiger partial charge in [-0.2, -0.15) is 0 Å². The smallest absolute Gasteiger partial charge is 0.326 e. The number of aliphatic hydroxyl groups excluding tert-OH is 1. The van der Waals surface area contributed by atoms with Gasteiger partial charge in [0.05, 0.1) is 25.3 Å². The normalized spacial score (nSPS) is 19.8. The van der Waals surface area contributed by atoms with Gasteiger partial charge in [-0.15, -0.1) is 0 Å². The third kappa shape index (κ3) is 9.25. The lowest BCUT2D eigenvalue weighted by atomic mass is 10.1. The van der Waals surface area contributed by atoms with E-state index < -0.39 is 83.9 Å². The number of urea groups is 1. The molecule has 18 nitrogen and oxygen atoms in total. The van der Waals surface area contributed by atoms with E-state index in [2.05, 4.69) is 26.3 Å². The first-order valence-corrected chi connectivity index (χ1v) is 16.7. The lowest BCUT2D eigenvalue weighted by molar-refractivity contribution is -0.139. The number of pyridine rings is 1. The number of amides is 5. The first-order valence-electron chi connectivity index (χ1n) is 16.7. The number of para-hydroxylation sites is 1. The number of nitrogens with two attached hydrogens (primary N) is 1. The first-order chi connectivity index (χ1) is 24.6. The fourth-order valence-electron chi connectivity index (χ4n) is 5.89. The van der Waals surface area contributed by atoms with Crippen LogP contribution >= 0.6 is 0 Å². The van der Waals surface area contributed by atoms with Gasteiger partial charge in [0, 0.05) is 49.7 Å². The van der Waals surface area contributed by atoms with E-state index in [0.29, 0.717) is 5.56 Å². The molecule has 5 amide bonds. The summed E-state index contributed by atoms with van der Waals surface area (Å²) in [7, 11) is 2.76. The largest absolute Gasteiger partial charge is 0.491 e. The van der Waals surface area contributed by atoms with Crippen molar-refractivity contribution in [2.24, 2.45) is 5.73 Å². The summed E-state index contributed by atoms with van der Waals surface area (Å²) in [5.74, 6) is -3.26. The van der Waals surface area contributed by atoms with Crippen LogP contribution in [0.3, 0.4) is 0 Å². The molecule has 52 heavy (non-hydrogen) atoms. The van der Waals surface area contributed by atoms with Gasteiger partial charge < -0.3 is 56.6 Å². The number of aromatic amines is 1. The van der Waals surface area contributed by atoms with Crippen molar-refractivity contribution < 1.29 is 43.7 Å². The number of benzene rings is 1. The van der Waals surface area contributed by atoms with Crippen molar-refractivity contribution in [3.8, 4) is 5.75 Å². The molecule has 0 bridgehead atoms. The zero-order chi connectivity index (χ0) is 38.3. The Balaban J connectivity index is 1.40. The molecule has 2 aromatic heterocycles. The van der Waals surface area contributed by atoms with E-state index in [-0.39, 0.29) is 25.1 Å². The van der Waals surface area contributed by atoms with E-state index in [9.17, 15) is 39.0 Å². The topological polar surface area (TPSA) is 259 Å². The maximum Gasteiger partial charge on any atom is 0.326 e. The number of H-pyrrole nitrogens is 1. The number of carboxylic acid groups (broad SMARTS) is 1. The van der Waals surface area contributed by atoms with E-state index in [4.69, 9.17) is 15.2 Å². The van der Waals surface area contributed by atoms with Crippen molar-refractivity contribution in [2.75, 3.05) is 20.7 Å². The number of carboxylic acids is 1. The van der Waals surface area contributed by atoms with E-state index in [1.165, 1.54) is 56.7 Å². The van der Waals surface area contributed by atoms with Crippen molar-refractivity contribution in [3.63, 3.8) is 0 Å². The molecule has 9 N–H and O–H groups in total. The number of hydrogen-bond acceptors (Lipinski definition) is 10. The highest BCUT2D eigenvalue weighted by atomic mass is 16.5. The number of carbonyl (C=O) groups excluding carboxylic acids is 4. The second-order valence-electron chi connectivity index (χ2n) is 12.7. The van der Waals surface area contributed by atoms with Gasteiger partial charge in [0.1, 0.15) is 24.2 Å². The quantitative estimate of drug-likeness (QED) is 0.0958. The second kappa shape index (κ2) is 17.2. The number of aliphatic carboxylic acids is 1. The fraction of sp³-hybridized carbons (Fsp3) is 0.471. The number of ether oxygens (including phenoxy) is 2. The van der Waals surface area contributed by atoms with Crippen molar-refractivity contribution >= 4 is 40.6 Å². The van der Waals surface area contributed by atoms with Gasteiger partial charge in [-0.3, -0.25) is 23.7 Å². The lowest BCUT2D eigenvalue weighted by Gasteiger charge is -2.33. The molecule has 3 aromatic rings. The number of likely N-dealkylation sites (N-methyl/N-ethyl adjacent to an activating group) is 1. The molecule has 3 heterocycles. The van der Waals surface area contributed by atoms with Crippen LogP contribution < -0.4 is 37.3 Å². The van der Waals surface area contributed by atoms with Crippen LogP contribution in [0.5, 0.6) is 5.75 Å². The highest BCUT2D eigenvalue weighted by molar-refractivity contribution is 5.93. The Kier molecular flexibility index (Phi) is 13.0. The molecule has 18 heteroatoms. The van der Waals surface area contributed by atoms with Crippen LogP contribution in [0.25, 0.3) is 10.9 Å².